The zero-order chi connectivity index (χ0) is 13.5. The van der Waals surface area contributed by atoms with Gasteiger partial charge in [-0.1, -0.05) is 12.2 Å². The predicted molar refractivity (Wildman–Crippen MR) is 72.3 cm³/mol. The molecule has 0 aromatic rings. The number of fused-ring (bicyclic) bond motifs is 1. The Balaban J connectivity index is 1.89. The van der Waals surface area contributed by atoms with Gasteiger partial charge in [-0.3, -0.25) is 0 Å². The van der Waals surface area contributed by atoms with Gasteiger partial charge in [-0.2, -0.15) is 0 Å². The van der Waals surface area contributed by atoms with Crippen LogP contribution in [0.5, 0.6) is 0 Å². The van der Waals surface area contributed by atoms with Crippen LogP contribution in [0.4, 0.5) is 4.79 Å². The first kappa shape index (κ1) is 13.4. The van der Waals surface area contributed by atoms with Crippen molar-refractivity contribution in [1.29, 1.82) is 0 Å². The summed E-state index contributed by atoms with van der Waals surface area (Å²) in [6, 6.07) is 0. The second-order valence-corrected chi connectivity index (χ2v) is 6.92. The van der Waals surface area contributed by atoms with E-state index >= 15 is 0 Å². The molecular weight excluding hydrogens is 226 g/mol. The third-order valence-electron chi connectivity index (χ3n) is 4.10. The van der Waals surface area contributed by atoms with Crippen LogP contribution in [-0.4, -0.2) is 29.7 Å². The Bertz CT molecular complexity index is 342. The van der Waals surface area contributed by atoms with Gasteiger partial charge in [0, 0.05) is 13.1 Å². The minimum absolute atomic E-state index is 0.149. The van der Waals surface area contributed by atoms with Gasteiger partial charge < -0.3 is 9.64 Å². The van der Waals surface area contributed by atoms with Crippen LogP contribution in [0, 0.1) is 17.8 Å². The lowest BCUT2D eigenvalue weighted by Gasteiger charge is -2.25. The van der Waals surface area contributed by atoms with Gasteiger partial charge in [0.1, 0.15) is 5.60 Å². The molecule has 18 heavy (non-hydrogen) atoms. The molecule has 0 radical (unpaired) electrons. The summed E-state index contributed by atoms with van der Waals surface area (Å²) < 4.78 is 5.43. The SMILES string of the molecule is C=C(C)C1CC2CN(C(=O)OC(C)(C)C)CC2C1. The molecule has 2 atom stereocenters. The van der Waals surface area contributed by atoms with Gasteiger partial charge in [-0.05, 0) is 58.3 Å². The van der Waals surface area contributed by atoms with Crippen LogP contribution in [0.1, 0.15) is 40.5 Å². The number of allylic oxidation sites excluding steroid dienone is 1. The molecular formula is C15H25NO2. The topological polar surface area (TPSA) is 29.5 Å². The van der Waals surface area contributed by atoms with Gasteiger partial charge in [0.25, 0.3) is 0 Å². The minimum Gasteiger partial charge on any atom is -0.444 e. The van der Waals surface area contributed by atoms with Crippen molar-refractivity contribution >= 4 is 6.09 Å². The highest BCUT2D eigenvalue weighted by atomic mass is 16.6. The molecule has 3 heteroatoms. The fourth-order valence-corrected chi connectivity index (χ4v) is 3.18. The zero-order valence-electron chi connectivity index (χ0n) is 12.0. The van der Waals surface area contributed by atoms with Gasteiger partial charge in [-0.25, -0.2) is 4.79 Å². The smallest absolute Gasteiger partial charge is 0.410 e. The molecule has 1 aliphatic heterocycles. The van der Waals surface area contributed by atoms with Crippen molar-refractivity contribution in [3.8, 4) is 0 Å². The molecule has 0 spiro atoms. The third-order valence-corrected chi connectivity index (χ3v) is 4.10. The Morgan fingerprint density at radius 3 is 2.11 bits per heavy atom. The van der Waals surface area contributed by atoms with E-state index in [9.17, 15) is 4.79 Å². The molecule has 0 aromatic heterocycles. The number of amides is 1. The normalized spacial score (nSPS) is 31.3. The molecule has 1 saturated carbocycles. The van der Waals surface area contributed by atoms with E-state index in [4.69, 9.17) is 4.74 Å². The Labute approximate surface area is 110 Å². The summed E-state index contributed by atoms with van der Waals surface area (Å²) in [5, 5.41) is 0. The predicted octanol–water partition coefficient (Wildman–Crippen LogP) is 3.46. The Morgan fingerprint density at radius 1 is 1.22 bits per heavy atom. The van der Waals surface area contributed by atoms with Gasteiger partial charge in [-0.15, -0.1) is 0 Å². The molecule has 1 heterocycles. The maximum Gasteiger partial charge on any atom is 0.410 e. The monoisotopic (exact) mass is 251 g/mol. The number of carbonyl (C=O) groups is 1. The summed E-state index contributed by atoms with van der Waals surface area (Å²) in [7, 11) is 0. The zero-order valence-corrected chi connectivity index (χ0v) is 12.0. The highest BCUT2D eigenvalue weighted by Gasteiger charge is 2.43. The first-order chi connectivity index (χ1) is 8.26. The lowest BCUT2D eigenvalue weighted by molar-refractivity contribution is 0.0278. The second-order valence-electron chi connectivity index (χ2n) is 6.92. The molecule has 0 bridgehead atoms. The van der Waals surface area contributed by atoms with Crippen molar-refractivity contribution in [2.75, 3.05) is 13.1 Å². The van der Waals surface area contributed by atoms with E-state index in [-0.39, 0.29) is 6.09 Å². The summed E-state index contributed by atoms with van der Waals surface area (Å²) in [5.41, 5.74) is 0.905. The average Bonchev–Trinajstić information content (AvgIpc) is 2.69. The molecule has 2 fully saturated rings. The lowest BCUT2D eigenvalue weighted by Crippen LogP contribution is -2.36. The van der Waals surface area contributed by atoms with Gasteiger partial charge in [0.15, 0.2) is 0 Å². The molecule has 0 N–H and O–H groups in total. The van der Waals surface area contributed by atoms with Crippen LogP contribution in [0.25, 0.3) is 0 Å². The summed E-state index contributed by atoms with van der Waals surface area (Å²) in [6.45, 7) is 13.7. The van der Waals surface area contributed by atoms with E-state index in [1.165, 1.54) is 18.4 Å². The lowest BCUT2D eigenvalue weighted by atomic mass is 9.98. The second kappa shape index (κ2) is 4.60. The first-order valence-electron chi connectivity index (χ1n) is 6.89. The minimum atomic E-state index is -0.394. The van der Waals surface area contributed by atoms with Crippen LogP contribution >= 0.6 is 0 Å². The molecule has 102 valence electrons. The number of ether oxygens (including phenoxy) is 1. The van der Waals surface area contributed by atoms with Crippen LogP contribution in [0.3, 0.4) is 0 Å². The average molecular weight is 251 g/mol. The Morgan fingerprint density at radius 2 is 1.72 bits per heavy atom. The standard InChI is InChI=1S/C15H25NO2/c1-10(2)11-6-12-8-16(9-13(12)7-11)14(17)18-15(3,4)5/h11-13H,1,6-9H2,2-5H3. The summed E-state index contributed by atoms with van der Waals surface area (Å²) in [5.74, 6) is 1.97. The fraction of sp³-hybridized carbons (Fsp3) is 0.800. The van der Waals surface area contributed by atoms with Crippen molar-refractivity contribution in [3.05, 3.63) is 12.2 Å². The number of rotatable bonds is 1. The largest absolute Gasteiger partial charge is 0.444 e. The van der Waals surface area contributed by atoms with Gasteiger partial charge >= 0.3 is 6.09 Å². The molecule has 0 aromatic carbocycles. The van der Waals surface area contributed by atoms with Crippen molar-refractivity contribution in [2.24, 2.45) is 17.8 Å². The molecule has 1 saturated heterocycles. The van der Waals surface area contributed by atoms with Gasteiger partial charge in [0.05, 0.1) is 0 Å². The summed E-state index contributed by atoms with van der Waals surface area (Å²) in [6.07, 6.45) is 2.24. The molecule has 2 rings (SSSR count). The number of hydrogen-bond donors (Lipinski definition) is 0. The van der Waals surface area contributed by atoms with E-state index in [2.05, 4.69) is 13.5 Å². The highest BCUT2D eigenvalue weighted by Crippen LogP contribution is 2.44. The van der Waals surface area contributed by atoms with E-state index in [0.717, 1.165) is 13.1 Å². The summed E-state index contributed by atoms with van der Waals surface area (Å²) in [4.78, 5) is 13.9. The molecule has 2 unspecified atom stereocenters. The first-order valence-corrected chi connectivity index (χ1v) is 6.89. The van der Waals surface area contributed by atoms with E-state index < -0.39 is 5.60 Å². The van der Waals surface area contributed by atoms with Crippen LogP contribution < -0.4 is 0 Å². The van der Waals surface area contributed by atoms with Crippen molar-refractivity contribution in [3.63, 3.8) is 0 Å². The third kappa shape index (κ3) is 2.88. The molecule has 2 aliphatic rings. The van der Waals surface area contributed by atoms with E-state index in [1.54, 1.807) is 0 Å². The van der Waals surface area contributed by atoms with Crippen LogP contribution in [-0.2, 0) is 4.74 Å². The molecule has 1 aliphatic carbocycles. The van der Waals surface area contributed by atoms with Crippen molar-refractivity contribution in [1.82, 2.24) is 4.90 Å². The number of likely N-dealkylation sites (tertiary alicyclic amines) is 1. The molecule has 3 nitrogen and oxygen atoms in total. The fourth-order valence-electron chi connectivity index (χ4n) is 3.18. The van der Waals surface area contributed by atoms with Crippen LogP contribution in [0.15, 0.2) is 12.2 Å². The number of hydrogen-bond acceptors (Lipinski definition) is 2. The summed E-state index contributed by atoms with van der Waals surface area (Å²) >= 11 is 0. The number of nitrogens with zero attached hydrogens (tertiary/aromatic N) is 1. The quantitative estimate of drug-likeness (QED) is 0.668. The van der Waals surface area contributed by atoms with E-state index in [1.807, 2.05) is 25.7 Å². The van der Waals surface area contributed by atoms with Crippen molar-refractivity contribution < 1.29 is 9.53 Å². The van der Waals surface area contributed by atoms with E-state index in [0.29, 0.717) is 17.8 Å². The highest BCUT2D eigenvalue weighted by molar-refractivity contribution is 5.68. The molecule has 1 amide bonds. The Hall–Kier alpha value is -0.990. The maximum absolute atomic E-state index is 12.0. The maximum atomic E-state index is 12.0. The van der Waals surface area contributed by atoms with Gasteiger partial charge in [0.2, 0.25) is 0 Å². The van der Waals surface area contributed by atoms with Crippen molar-refractivity contribution in [2.45, 2.75) is 46.1 Å². The van der Waals surface area contributed by atoms with Crippen LogP contribution in [0.2, 0.25) is 0 Å². The number of carbonyl (C=O) groups excluding carboxylic acids is 1. The Kier molecular flexibility index (Phi) is 3.43.